The number of amidine groups is 1. The summed E-state index contributed by atoms with van der Waals surface area (Å²) in [5.74, 6) is 1.36. The van der Waals surface area contributed by atoms with Gasteiger partial charge in [-0.2, -0.15) is 4.99 Å². The average Bonchev–Trinajstić information content (AvgIpc) is 3.21. The highest BCUT2D eigenvalue weighted by Crippen LogP contribution is 2.46. The van der Waals surface area contributed by atoms with E-state index < -0.39 is 12.3 Å². The second-order valence-corrected chi connectivity index (χ2v) is 11.5. The number of halogens is 1. The maximum atomic E-state index is 15.9. The minimum atomic E-state index is -1.42. The van der Waals surface area contributed by atoms with E-state index in [1.165, 1.54) is 25.7 Å². The molecule has 3 heterocycles. The number of fused-ring (bicyclic) bond motifs is 1. The highest BCUT2D eigenvalue weighted by Gasteiger charge is 2.39. The van der Waals surface area contributed by atoms with E-state index in [4.69, 9.17) is 10.8 Å². The van der Waals surface area contributed by atoms with E-state index in [9.17, 15) is 4.79 Å². The Morgan fingerprint density at radius 1 is 1.21 bits per heavy atom. The molecule has 1 amide bonds. The summed E-state index contributed by atoms with van der Waals surface area (Å²) in [4.78, 5) is 30.6. The molecule has 0 saturated heterocycles. The van der Waals surface area contributed by atoms with E-state index in [0.29, 0.717) is 41.3 Å². The number of rotatable bonds is 8. The minimum absolute atomic E-state index is 0.00120. The zero-order valence-electron chi connectivity index (χ0n) is 23.0. The second kappa shape index (κ2) is 11.3. The second-order valence-electron chi connectivity index (χ2n) is 11.5. The van der Waals surface area contributed by atoms with Gasteiger partial charge in [-0.15, -0.1) is 0 Å². The van der Waals surface area contributed by atoms with Crippen LogP contribution < -0.4 is 21.3 Å². The molecule has 0 radical (unpaired) electrons. The van der Waals surface area contributed by atoms with Crippen molar-refractivity contribution in [3.05, 3.63) is 35.2 Å². The molecule has 2 fully saturated rings. The SMILES string of the molecule is CC(C)c1ccnc(C2Nc3nc(/C(N)=N/C(=O)O)nc(N[C@H](C)C4CCC4)c3N2CC2CCCCC2)c1F. The van der Waals surface area contributed by atoms with Crippen LogP contribution in [0.2, 0.25) is 0 Å². The maximum absolute atomic E-state index is 15.9. The number of anilines is 3. The molecule has 39 heavy (non-hydrogen) atoms. The van der Waals surface area contributed by atoms with Gasteiger partial charge in [0.15, 0.2) is 29.1 Å². The third kappa shape index (κ3) is 5.62. The Morgan fingerprint density at radius 2 is 1.95 bits per heavy atom. The molecule has 2 aromatic heterocycles. The smallest absolute Gasteiger partial charge is 0.433 e. The molecule has 1 aliphatic heterocycles. The first kappa shape index (κ1) is 27.1. The molecule has 11 heteroatoms. The zero-order chi connectivity index (χ0) is 27.7. The molecule has 2 saturated carbocycles. The van der Waals surface area contributed by atoms with Crippen LogP contribution in [0.25, 0.3) is 0 Å². The molecule has 5 rings (SSSR count). The van der Waals surface area contributed by atoms with Gasteiger partial charge in [0, 0.05) is 18.8 Å². The Bertz CT molecular complexity index is 1240. The van der Waals surface area contributed by atoms with Gasteiger partial charge in [0.25, 0.3) is 0 Å². The number of aromatic nitrogens is 3. The van der Waals surface area contributed by atoms with Crippen LogP contribution in [0.1, 0.15) is 101 Å². The number of aliphatic imine (C=N–C) groups is 1. The van der Waals surface area contributed by atoms with Crippen LogP contribution in [0, 0.1) is 17.7 Å². The number of hydrogen-bond acceptors (Lipinski definition) is 7. The summed E-state index contributed by atoms with van der Waals surface area (Å²) in [7, 11) is 0. The van der Waals surface area contributed by atoms with Crippen LogP contribution in [0.5, 0.6) is 0 Å². The van der Waals surface area contributed by atoms with Crippen molar-refractivity contribution in [2.24, 2.45) is 22.6 Å². The monoisotopic (exact) mass is 538 g/mol. The summed E-state index contributed by atoms with van der Waals surface area (Å²) in [6.07, 6.45) is 8.94. The minimum Gasteiger partial charge on any atom is -0.463 e. The lowest BCUT2D eigenvalue weighted by molar-refractivity contribution is 0.205. The molecule has 2 atom stereocenters. The van der Waals surface area contributed by atoms with Crippen LogP contribution in [-0.4, -0.2) is 44.6 Å². The molecule has 2 aliphatic carbocycles. The van der Waals surface area contributed by atoms with Crippen molar-refractivity contribution < 1.29 is 14.3 Å². The molecule has 210 valence electrons. The number of carbonyl (C=O) groups is 1. The van der Waals surface area contributed by atoms with Crippen molar-refractivity contribution in [1.82, 2.24) is 15.0 Å². The standard InChI is InChI=1S/C28H39FN8O2/c1-15(2)19-12-13-31-21(20(19)29)27-36-25-22(37(27)14-17-8-5-4-6-9-17)24(32-16(3)18-10-7-11-18)34-26(35-25)23(30)33-28(38)39/h12-13,15-18,27H,4-11,14H2,1-3H3,(H2,30,33)(H,38,39)(H2,32,34,35,36)/t16-,27?/m1/s1. The number of nitrogens with one attached hydrogen (secondary N) is 2. The quantitative estimate of drug-likeness (QED) is 0.248. The van der Waals surface area contributed by atoms with Crippen LogP contribution in [0.4, 0.5) is 26.5 Å². The van der Waals surface area contributed by atoms with Gasteiger partial charge in [0.2, 0.25) is 0 Å². The highest BCUT2D eigenvalue weighted by atomic mass is 19.1. The number of nitrogens with two attached hydrogens (primary N) is 1. The van der Waals surface area contributed by atoms with Gasteiger partial charge in [-0.3, -0.25) is 4.98 Å². The Balaban J connectivity index is 1.61. The molecule has 0 spiro atoms. The lowest BCUT2D eigenvalue weighted by Crippen LogP contribution is -2.36. The van der Waals surface area contributed by atoms with E-state index in [1.807, 2.05) is 13.8 Å². The predicted octanol–water partition coefficient (Wildman–Crippen LogP) is 5.63. The number of pyridine rings is 1. The zero-order valence-corrected chi connectivity index (χ0v) is 23.0. The molecule has 2 aromatic rings. The number of hydrogen-bond donors (Lipinski definition) is 4. The lowest BCUT2D eigenvalue weighted by Gasteiger charge is -2.35. The van der Waals surface area contributed by atoms with Crippen molar-refractivity contribution in [3.8, 4) is 0 Å². The van der Waals surface area contributed by atoms with E-state index in [0.717, 1.165) is 31.4 Å². The number of nitrogens with zero attached hydrogens (tertiary/aromatic N) is 5. The average molecular weight is 539 g/mol. The third-order valence-electron chi connectivity index (χ3n) is 8.43. The Kier molecular flexibility index (Phi) is 7.86. The predicted molar refractivity (Wildman–Crippen MR) is 150 cm³/mol. The summed E-state index contributed by atoms with van der Waals surface area (Å²) in [6, 6.07) is 1.86. The topological polar surface area (TPSA) is 142 Å². The Hall–Kier alpha value is -3.50. The Morgan fingerprint density at radius 3 is 2.59 bits per heavy atom. The molecular formula is C28H39FN8O2. The summed E-state index contributed by atoms with van der Waals surface area (Å²) in [5, 5.41) is 16.1. The fraction of sp³-hybridized carbons (Fsp3) is 0.607. The van der Waals surface area contributed by atoms with Gasteiger partial charge < -0.3 is 26.4 Å². The molecule has 1 unspecified atom stereocenters. The highest BCUT2D eigenvalue weighted by molar-refractivity contribution is 6.01. The molecular weight excluding hydrogens is 499 g/mol. The molecule has 5 N–H and O–H groups in total. The van der Waals surface area contributed by atoms with Crippen molar-refractivity contribution in [3.63, 3.8) is 0 Å². The van der Waals surface area contributed by atoms with E-state index in [2.05, 4.69) is 42.4 Å². The molecule has 0 bridgehead atoms. The van der Waals surface area contributed by atoms with Gasteiger partial charge in [-0.05, 0) is 62.0 Å². The van der Waals surface area contributed by atoms with Gasteiger partial charge in [0.05, 0.1) is 0 Å². The maximum Gasteiger partial charge on any atom is 0.433 e. The van der Waals surface area contributed by atoms with Crippen LogP contribution in [0.3, 0.4) is 0 Å². The lowest BCUT2D eigenvalue weighted by atomic mass is 9.80. The van der Waals surface area contributed by atoms with Crippen LogP contribution >= 0.6 is 0 Å². The van der Waals surface area contributed by atoms with Crippen molar-refractivity contribution in [2.45, 2.75) is 90.3 Å². The molecule has 0 aromatic carbocycles. The van der Waals surface area contributed by atoms with Gasteiger partial charge in [0.1, 0.15) is 17.5 Å². The van der Waals surface area contributed by atoms with Gasteiger partial charge in [-0.25, -0.2) is 19.2 Å². The molecule has 3 aliphatic rings. The normalized spacial score (nSPS) is 20.9. The Labute approximate surface area is 228 Å². The fourth-order valence-corrected chi connectivity index (χ4v) is 5.98. The fourth-order valence-electron chi connectivity index (χ4n) is 5.98. The summed E-state index contributed by atoms with van der Waals surface area (Å²) < 4.78 is 15.9. The summed E-state index contributed by atoms with van der Waals surface area (Å²) in [5.41, 5.74) is 7.65. The first-order valence-corrected chi connectivity index (χ1v) is 14.2. The van der Waals surface area contributed by atoms with Crippen LogP contribution in [0.15, 0.2) is 17.3 Å². The first-order chi connectivity index (χ1) is 18.7. The first-order valence-electron chi connectivity index (χ1n) is 14.2. The van der Waals surface area contributed by atoms with Gasteiger partial charge in [-0.1, -0.05) is 39.5 Å². The summed E-state index contributed by atoms with van der Waals surface area (Å²) >= 11 is 0. The van der Waals surface area contributed by atoms with Crippen molar-refractivity contribution >= 4 is 29.3 Å². The number of amides is 1. The van der Waals surface area contributed by atoms with Crippen molar-refractivity contribution in [2.75, 3.05) is 22.1 Å². The van der Waals surface area contributed by atoms with Crippen LogP contribution in [-0.2, 0) is 0 Å². The van der Waals surface area contributed by atoms with Gasteiger partial charge >= 0.3 is 6.09 Å². The van der Waals surface area contributed by atoms with E-state index in [-0.39, 0.29) is 29.4 Å². The third-order valence-corrected chi connectivity index (χ3v) is 8.43. The van der Waals surface area contributed by atoms with E-state index >= 15 is 4.39 Å². The number of carboxylic acid groups (broad SMARTS) is 1. The summed E-state index contributed by atoms with van der Waals surface area (Å²) in [6.45, 7) is 6.76. The molecule has 10 nitrogen and oxygen atoms in total. The van der Waals surface area contributed by atoms with E-state index in [1.54, 1.807) is 12.3 Å². The van der Waals surface area contributed by atoms with Crippen molar-refractivity contribution in [1.29, 1.82) is 0 Å². The largest absolute Gasteiger partial charge is 0.463 e.